The summed E-state index contributed by atoms with van der Waals surface area (Å²) in [4.78, 5) is 11.6. The van der Waals surface area contributed by atoms with Crippen LogP contribution in [0.1, 0.15) is 84.0 Å². The fourth-order valence-electron chi connectivity index (χ4n) is 2.48. The molecular formula is C17H34O5S. The Labute approximate surface area is 141 Å². The standard InChI is InChI=1S/C17H34O5S/c1-3-4-5-6-7-8-9-10-11-12-13-14-16(18)17(19)15-23(20,21)22-2/h17,19H,3-15H2,1-2H3. The van der Waals surface area contributed by atoms with Gasteiger partial charge in [-0.05, 0) is 6.42 Å². The average molecular weight is 351 g/mol. The summed E-state index contributed by atoms with van der Waals surface area (Å²) in [6.07, 6.45) is 11.9. The fraction of sp³-hybridized carbons (Fsp3) is 0.941. The maximum Gasteiger partial charge on any atom is 0.270 e. The van der Waals surface area contributed by atoms with Crippen molar-refractivity contribution in [2.24, 2.45) is 0 Å². The van der Waals surface area contributed by atoms with Gasteiger partial charge < -0.3 is 5.11 Å². The number of carbonyl (C=O) groups excluding carboxylic acids is 1. The van der Waals surface area contributed by atoms with Crippen LogP contribution in [0.25, 0.3) is 0 Å². The van der Waals surface area contributed by atoms with Crippen molar-refractivity contribution in [3.05, 3.63) is 0 Å². The van der Waals surface area contributed by atoms with Crippen LogP contribution in [-0.4, -0.2) is 38.3 Å². The molecule has 0 aromatic carbocycles. The van der Waals surface area contributed by atoms with Gasteiger partial charge in [0.25, 0.3) is 10.1 Å². The predicted molar refractivity (Wildman–Crippen MR) is 92.9 cm³/mol. The zero-order chi connectivity index (χ0) is 17.6. The maximum absolute atomic E-state index is 11.6. The Balaban J connectivity index is 3.49. The second-order valence-electron chi connectivity index (χ2n) is 6.16. The van der Waals surface area contributed by atoms with E-state index in [0.717, 1.165) is 20.0 Å². The minimum atomic E-state index is -3.79. The van der Waals surface area contributed by atoms with Crippen LogP contribution in [0.2, 0.25) is 0 Å². The zero-order valence-corrected chi connectivity index (χ0v) is 15.6. The SMILES string of the molecule is CCCCCCCCCCCCCC(=O)C(O)CS(=O)(=O)OC. The largest absolute Gasteiger partial charge is 0.384 e. The first-order valence-corrected chi connectivity index (χ1v) is 10.5. The molecule has 0 heterocycles. The zero-order valence-electron chi connectivity index (χ0n) is 14.8. The van der Waals surface area contributed by atoms with E-state index in [1.54, 1.807) is 0 Å². The topological polar surface area (TPSA) is 80.7 Å². The van der Waals surface area contributed by atoms with E-state index in [1.807, 2.05) is 0 Å². The van der Waals surface area contributed by atoms with Gasteiger partial charge in [0.05, 0.1) is 7.11 Å². The molecule has 0 aliphatic rings. The number of ketones is 1. The van der Waals surface area contributed by atoms with Crippen molar-refractivity contribution >= 4 is 15.9 Å². The third-order valence-electron chi connectivity index (χ3n) is 4.01. The van der Waals surface area contributed by atoms with Gasteiger partial charge in [0.2, 0.25) is 0 Å². The van der Waals surface area contributed by atoms with Crippen molar-refractivity contribution in [3.63, 3.8) is 0 Å². The molecule has 5 nitrogen and oxygen atoms in total. The van der Waals surface area contributed by atoms with Crippen molar-refractivity contribution in [2.45, 2.75) is 90.1 Å². The maximum atomic E-state index is 11.6. The quantitative estimate of drug-likeness (QED) is 0.340. The number of carbonyl (C=O) groups is 1. The van der Waals surface area contributed by atoms with Crippen molar-refractivity contribution < 1.29 is 22.5 Å². The molecule has 138 valence electrons. The second kappa shape index (κ2) is 13.9. The average Bonchev–Trinajstić information content (AvgIpc) is 2.52. The van der Waals surface area contributed by atoms with E-state index in [1.165, 1.54) is 51.4 Å². The molecule has 0 bridgehead atoms. The molecule has 23 heavy (non-hydrogen) atoms. The normalized spacial score (nSPS) is 13.2. The highest BCUT2D eigenvalue weighted by atomic mass is 32.2. The van der Waals surface area contributed by atoms with Gasteiger partial charge >= 0.3 is 0 Å². The monoisotopic (exact) mass is 350 g/mol. The van der Waals surface area contributed by atoms with E-state index in [4.69, 9.17) is 0 Å². The summed E-state index contributed by atoms with van der Waals surface area (Å²) >= 11 is 0. The Morgan fingerprint density at radius 2 is 1.35 bits per heavy atom. The van der Waals surface area contributed by atoms with Crippen LogP contribution < -0.4 is 0 Å². The van der Waals surface area contributed by atoms with Gasteiger partial charge in [0.15, 0.2) is 5.78 Å². The van der Waals surface area contributed by atoms with Crippen LogP contribution in [-0.2, 0) is 19.1 Å². The van der Waals surface area contributed by atoms with E-state index in [2.05, 4.69) is 11.1 Å². The van der Waals surface area contributed by atoms with Crippen LogP contribution in [0.15, 0.2) is 0 Å². The molecular weight excluding hydrogens is 316 g/mol. The fourth-order valence-corrected chi connectivity index (χ4v) is 3.19. The summed E-state index contributed by atoms with van der Waals surface area (Å²) in [6, 6.07) is 0. The third-order valence-corrected chi connectivity index (χ3v) is 5.25. The van der Waals surface area contributed by atoms with Crippen LogP contribution in [0, 0.1) is 0 Å². The van der Waals surface area contributed by atoms with Crippen molar-refractivity contribution in [1.82, 2.24) is 0 Å². The molecule has 1 N–H and O–H groups in total. The van der Waals surface area contributed by atoms with Crippen molar-refractivity contribution in [1.29, 1.82) is 0 Å². The third kappa shape index (κ3) is 13.7. The van der Waals surface area contributed by atoms with Crippen LogP contribution in [0.3, 0.4) is 0 Å². The van der Waals surface area contributed by atoms with Gasteiger partial charge in [-0.25, -0.2) is 0 Å². The van der Waals surface area contributed by atoms with Gasteiger partial charge in [-0.1, -0.05) is 71.1 Å². The Morgan fingerprint density at radius 3 is 1.78 bits per heavy atom. The number of hydrogen-bond donors (Lipinski definition) is 1. The molecule has 1 atom stereocenters. The number of rotatable bonds is 16. The van der Waals surface area contributed by atoms with Crippen LogP contribution in [0.5, 0.6) is 0 Å². The Kier molecular flexibility index (Phi) is 13.7. The minimum Gasteiger partial charge on any atom is -0.384 e. The summed E-state index contributed by atoms with van der Waals surface area (Å²) in [5.41, 5.74) is 0. The number of Topliss-reactive ketones (excluding diaryl/α,β-unsaturated/α-hetero) is 1. The lowest BCUT2D eigenvalue weighted by molar-refractivity contribution is -0.126. The van der Waals surface area contributed by atoms with Crippen molar-refractivity contribution in [2.75, 3.05) is 12.9 Å². The molecule has 0 fully saturated rings. The number of aliphatic hydroxyl groups excluding tert-OH is 1. The first kappa shape index (κ1) is 22.5. The van der Waals surface area contributed by atoms with Gasteiger partial charge in [0.1, 0.15) is 11.9 Å². The Bertz CT molecular complexity index is 392. The number of hydrogen-bond acceptors (Lipinski definition) is 5. The van der Waals surface area contributed by atoms with Gasteiger partial charge in [-0.2, -0.15) is 8.42 Å². The summed E-state index contributed by atoms with van der Waals surface area (Å²) in [5, 5.41) is 9.54. The van der Waals surface area contributed by atoms with E-state index in [-0.39, 0.29) is 6.42 Å². The number of unbranched alkanes of at least 4 members (excludes halogenated alkanes) is 10. The summed E-state index contributed by atoms with van der Waals surface area (Å²) in [6.45, 7) is 2.22. The Hall–Kier alpha value is -0.460. The highest BCUT2D eigenvalue weighted by molar-refractivity contribution is 7.86. The first-order chi connectivity index (χ1) is 10.9. The highest BCUT2D eigenvalue weighted by Gasteiger charge is 2.22. The molecule has 6 heteroatoms. The summed E-state index contributed by atoms with van der Waals surface area (Å²) in [5.74, 6) is -1.07. The molecule has 0 aliphatic heterocycles. The first-order valence-electron chi connectivity index (χ1n) is 8.92. The molecule has 0 amide bonds. The summed E-state index contributed by atoms with van der Waals surface area (Å²) < 4.78 is 26.5. The van der Waals surface area contributed by atoms with Gasteiger partial charge in [-0.3, -0.25) is 8.98 Å². The van der Waals surface area contributed by atoms with Crippen LogP contribution >= 0.6 is 0 Å². The minimum absolute atomic E-state index is 0.234. The predicted octanol–water partition coefficient (Wildman–Crippen LogP) is 3.59. The van der Waals surface area contributed by atoms with E-state index in [0.29, 0.717) is 6.42 Å². The van der Waals surface area contributed by atoms with Crippen molar-refractivity contribution in [3.8, 4) is 0 Å². The van der Waals surface area contributed by atoms with Gasteiger partial charge in [0, 0.05) is 6.42 Å². The van der Waals surface area contributed by atoms with E-state index in [9.17, 15) is 18.3 Å². The molecule has 0 saturated heterocycles. The highest BCUT2D eigenvalue weighted by Crippen LogP contribution is 2.12. The molecule has 0 aromatic heterocycles. The molecule has 0 spiro atoms. The van der Waals surface area contributed by atoms with E-state index < -0.39 is 27.8 Å². The lowest BCUT2D eigenvalue weighted by Crippen LogP contribution is -2.29. The number of aliphatic hydroxyl groups is 1. The smallest absolute Gasteiger partial charge is 0.270 e. The van der Waals surface area contributed by atoms with Crippen LogP contribution in [0.4, 0.5) is 0 Å². The molecule has 0 aromatic rings. The van der Waals surface area contributed by atoms with Gasteiger partial charge in [-0.15, -0.1) is 0 Å². The lowest BCUT2D eigenvalue weighted by atomic mass is 10.0. The summed E-state index contributed by atoms with van der Waals surface area (Å²) in [7, 11) is -2.76. The second-order valence-corrected chi connectivity index (χ2v) is 7.94. The molecule has 0 radical (unpaired) electrons. The Morgan fingerprint density at radius 1 is 0.913 bits per heavy atom. The molecule has 0 saturated carbocycles. The lowest BCUT2D eigenvalue weighted by Gasteiger charge is -2.09. The molecule has 0 aliphatic carbocycles. The van der Waals surface area contributed by atoms with E-state index >= 15 is 0 Å². The molecule has 1 unspecified atom stereocenters. The molecule has 0 rings (SSSR count).